The third kappa shape index (κ3) is 4.31. The van der Waals surface area contributed by atoms with E-state index in [1.807, 2.05) is 48.5 Å². The number of hydrogen-bond donors (Lipinski definition) is 1. The highest BCUT2D eigenvalue weighted by atomic mass is 16.5. The van der Waals surface area contributed by atoms with Gasteiger partial charge in [0, 0.05) is 12.8 Å². The van der Waals surface area contributed by atoms with Crippen LogP contribution in [0.3, 0.4) is 0 Å². The number of ether oxygens (including phenoxy) is 3. The molecular weight excluding hydrogens is 342 g/mol. The van der Waals surface area contributed by atoms with Crippen LogP contribution in [0.2, 0.25) is 0 Å². The Bertz CT molecular complexity index is 772. The van der Waals surface area contributed by atoms with Crippen LogP contribution in [0.1, 0.15) is 24.8 Å². The number of benzene rings is 2. The van der Waals surface area contributed by atoms with Crippen LogP contribution in [0.4, 0.5) is 5.69 Å². The molecule has 2 heterocycles. The zero-order valence-corrected chi connectivity index (χ0v) is 15.5. The number of methoxy groups -OCH3 is 1. The highest BCUT2D eigenvalue weighted by Gasteiger charge is 2.44. The Kier molecular flexibility index (Phi) is 5.41. The summed E-state index contributed by atoms with van der Waals surface area (Å²) >= 11 is 0. The largest absolute Gasteiger partial charge is 0.457 e. The van der Waals surface area contributed by atoms with Gasteiger partial charge in [-0.25, -0.2) is 0 Å². The van der Waals surface area contributed by atoms with Gasteiger partial charge in [0.25, 0.3) is 0 Å². The molecule has 2 saturated heterocycles. The van der Waals surface area contributed by atoms with Crippen molar-refractivity contribution in [3.05, 3.63) is 54.1 Å². The third-order valence-corrected chi connectivity index (χ3v) is 5.32. The molecule has 0 spiro atoms. The minimum atomic E-state index is -0.0173. The van der Waals surface area contributed by atoms with E-state index in [-0.39, 0.29) is 24.0 Å². The van der Waals surface area contributed by atoms with E-state index >= 15 is 0 Å². The number of anilines is 1. The molecule has 2 bridgehead atoms. The van der Waals surface area contributed by atoms with Gasteiger partial charge in [0.05, 0.1) is 24.7 Å². The Labute approximate surface area is 159 Å². The van der Waals surface area contributed by atoms with Crippen molar-refractivity contribution in [2.45, 2.75) is 37.9 Å². The zero-order chi connectivity index (χ0) is 18.6. The van der Waals surface area contributed by atoms with Gasteiger partial charge in [-0.2, -0.15) is 0 Å². The van der Waals surface area contributed by atoms with Crippen LogP contribution in [-0.2, 0) is 20.7 Å². The molecule has 5 nitrogen and oxygen atoms in total. The van der Waals surface area contributed by atoms with Gasteiger partial charge in [-0.15, -0.1) is 0 Å². The van der Waals surface area contributed by atoms with Crippen molar-refractivity contribution < 1.29 is 19.0 Å². The average molecular weight is 367 g/mol. The van der Waals surface area contributed by atoms with Crippen molar-refractivity contribution in [1.82, 2.24) is 0 Å². The van der Waals surface area contributed by atoms with E-state index in [0.717, 1.165) is 42.9 Å². The fraction of sp³-hybridized carbons (Fsp3) is 0.409. The molecule has 0 saturated carbocycles. The van der Waals surface area contributed by atoms with E-state index in [9.17, 15) is 4.79 Å². The number of hydrogen-bond acceptors (Lipinski definition) is 4. The molecule has 1 N–H and O–H groups in total. The molecule has 2 fully saturated rings. The molecule has 1 amide bonds. The molecule has 5 heteroatoms. The number of fused-ring (bicyclic) bond motifs is 2. The first-order valence-electron chi connectivity index (χ1n) is 9.53. The van der Waals surface area contributed by atoms with E-state index < -0.39 is 0 Å². The number of rotatable bonds is 7. The molecule has 2 aromatic rings. The summed E-state index contributed by atoms with van der Waals surface area (Å²) in [5.74, 6) is 1.56. The fourth-order valence-electron chi connectivity index (χ4n) is 3.84. The predicted molar refractivity (Wildman–Crippen MR) is 103 cm³/mol. The van der Waals surface area contributed by atoms with Gasteiger partial charge < -0.3 is 19.5 Å². The lowest BCUT2D eigenvalue weighted by Gasteiger charge is -2.18. The van der Waals surface area contributed by atoms with Crippen LogP contribution in [0.5, 0.6) is 11.5 Å². The van der Waals surface area contributed by atoms with E-state index in [1.165, 1.54) is 5.56 Å². The van der Waals surface area contributed by atoms with Crippen molar-refractivity contribution in [2.24, 2.45) is 5.92 Å². The number of carbonyl (C=O) groups is 1. The van der Waals surface area contributed by atoms with Crippen molar-refractivity contribution in [3.8, 4) is 11.5 Å². The van der Waals surface area contributed by atoms with E-state index in [4.69, 9.17) is 14.2 Å². The van der Waals surface area contributed by atoms with Crippen molar-refractivity contribution in [1.29, 1.82) is 0 Å². The second-order valence-electron chi connectivity index (χ2n) is 7.22. The van der Waals surface area contributed by atoms with Crippen LogP contribution in [0.25, 0.3) is 0 Å². The van der Waals surface area contributed by atoms with Gasteiger partial charge in [-0.1, -0.05) is 12.1 Å². The lowest BCUT2D eigenvalue weighted by atomic mass is 9.88. The molecule has 2 aliphatic heterocycles. The molecule has 0 aliphatic carbocycles. The summed E-state index contributed by atoms with van der Waals surface area (Å²) < 4.78 is 16.7. The molecule has 3 unspecified atom stereocenters. The Morgan fingerprint density at radius 3 is 2.37 bits per heavy atom. The molecule has 3 atom stereocenters. The first-order valence-corrected chi connectivity index (χ1v) is 9.53. The average Bonchev–Trinajstić information content (AvgIpc) is 3.33. The molecule has 0 aromatic heterocycles. The van der Waals surface area contributed by atoms with E-state index in [0.29, 0.717) is 6.61 Å². The Hall–Kier alpha value is -2.37. The molecular formula is C22H25NO4. The standard InChI is InChI=1S/C22H25NO4/c1-25-13-12-15-2-6-17(7-3-15)26-18-8-4-16(5-9-18)23-22(24)20-14-19-10-11-21(20)27-19/h2-9,19-21H,10-14H2,1H3,(H,23,24). The van der Waals surface area contributed by atoms with Gasteiger partial charge in [0.2, 0.25) is 5.91 Å². The fourth-order valence-corrected chi connectivity index (χ4v) is 3.84. The zero-order valence-electron chi connectivity index (χ0n) is 15.5. The minimum Gasteiger partial charge on any atom is -0.457 e. The summed E-state index contributed by atoms with van der Waals surface area (Å²) in [4.78, 5) is 12.5. The molecule has 27 heavy (non-hydrogen) atoms. The van der Waals surface area contributed by atoms with Crippen LogP contribution < -0.4 is 10.1 Å². The summed E-state index contributed by atoms with van der Waals surface area (Å²) in [6, 6.07) is 15.5. The summed E-state index contributed by atoms with van der Waals surface area (Å²) in [6.45, 7) is 0.710. The maximum atomic E-state index is 12.5. The second kappa shape index (κ2) is 8.11. The maximum absolute atomic E-state index is 12.5. The summed E-state index contributed by atoms with van der Waals surface area (Å²) in [7, 11) is 1.70. The first kappa shape index (κ1) is 18.0. The summed E-state index contributed by atoms with van der Waals surface area (Å²) in [6.07, 6.45) is 4.21. The van der Waals surface area contributed by atoms with Crippen LogP contribution in [-0.4, -0.2) is 31.8 Å². The van der Waals surface area contributed by atoms with Crippen molar-refractivity contribution >= 4 is 11.6 Å². The highest BCUT2D eigenvalue weighted by Crippen LogP contribution is 2.39. The molecule has 0 radical (unpaired) electrons. The summed E-state index contributed by atoms with van der Waals surface area (Å²) in [5.41, 5.74) is 2.00. The first-order chi connectivity index (χ1) is 13.2. The van der Waals surface area contributed by atoms with Crippen LogP contribution >= 0.6 is 0 Å². The minimum absolute atomic E-state index is 0.0173. The van der Waals surface area contributed by atoms with Gasteiger partial charge in [0.15, 0.2) is 0 Å². The topological polar surface area (TPSA) is 56.8 Å². The lowest BCUT2D eigenvalue weighted by molar-refractivity contribution is -0.121. The predicted octanol–water partition coefficient (Wildman–Crippen LogP) is 4.17. The summed E-state index contributed by atoms with van der Waals surface area (Å²) in [5, 5.41) is 3.00. The number of carbonyl (C=O) groups excluding carboxylic acids is 1. The molecule has 142 valence electrons. The van der Waals surface area contributed by atoms with Gasteiger partial charge >= 0.3 is 0 Å². The number of nitrogens with one attached hydrogen (secondary N) is 1. The van der Waals surface area contributed by atoms with E-state index in [1.54, 1.807) is 7.11 Å². The normalized spacial score (nSPS) is 23.4. The lowest BCUT2D eigenvalue weighted by Crippen LogP contribution is -2.30. The molecule has 2 aliphatic rings. The van der Waals surface area contributed by atoms with E-state index in [2.05, 4.69) is 5.32 Å². The molecule has 4 rings (SSSR count). The van der Waals surface area contributed by atoms with Crippen LogP contribution in [0.15, 0.2) is 48.5 Å². The molecule has 2 aromatic carbocycles. The third-order valence-electron chi connectivity index (χ3n) is 5.32. The highest BCUT2D eigenvalue weighted by molar-refractivity contribution is 5.93. The van der Waals surface area contributed by atoms with Gasteiger partial charge in [0.1, 0.15) is 11.5 Å². The van der Waals surface area contributed by atoms with Crippen molar-refractivity contribution in [2.75, 3.05) is 19.0 Å². The Morgan fingerprint density at radius 1 is 1.07 bits per heavy atom. The van der Waals surface area contributed by atoms with Gasteiger partial charge in [-0.3, -0.25) is 4.79 Å². The van der Waals surface area contributed by atoms with Crippen LogP contribution in [0, 0.1) is 5.92 Å². The smallest absolute Gasteiger partial charge is 0.230 e. The second-order valence-corrected chi connectivity index (χ2v) is 7.22. The van der Waals surface area contributed by atoms with Gasteiger partial charge in [-0.05, 0) is 67.6 Å². The van der Waals surface area contributed by atoms with Crippen molar-refractivity contribution in [3.63, 3.8) is 0 Å². The monoisotopic (exact) mass is 367 g/mol. The quantitative estimate of drug-likeness (QED) is 0.798. The SMILES string of the molecule is COCCc1ccc(Oc2ccc(NC(=O)C3CC4CCC3O4)cc2)cc1. The maximum Gasteiger partial charge on any atom is 0.230 e. The Balaban J connectivity index is 1.31. The Morgan fingerprint density at radius 2 is 1.78 bits per heavy atom. The number of amides is 1.